The van der Waals surface area contributed by atoms with Crippen molar-refractivity contribution in [3.63, 3.8) is 0 Å². The second-order valence-electron chi connectivity index (χ2n) is 17.9. The Hall–Kier alpha value is -1.26. The van der Waals surface area contributed by atoms with Crippen LogP contribution in [-0.4, -0.2) is 89.6 Å². The van der Waals surface area contributed by atoms with Gasteiger partial charge in [0.25, 0.3) is 0 Å². The van der Waals surface area contributed by atoms with Gasteiger partial charge < -0.3 is 29.2 Å². The molecule has 46 heavy (non-hydrogen) atoms. The standard InChI is InChI=1S/C37H59NO8.H2/c1-22(39)44-32(34(4,5)42)26-9-7-24-27(45-26)19-25-23-8-10-28-33(2,3)29(46-31-20-38(17-18-43-31)16-12-30(40)41)11-13-37(28)21-36(23,37)15-14-35(24,25)6;/h23-29,31-32,42H,7-21H2,1-6H3,(H,40,41);1H/t23?,24?,25?,26?,27?,28?,29-,31?,32-,35?,36?,37?;/m0./s1. The van der Waals surface area contributed by atoms with Crippen LogP contribution in [0.4, 0.5) is 0 Å². The Bertz CT molecular complexity index is 1210. The van der Waals surface area contributed by atoms with E-state index in [4.69, 9.17) is 24.1 Å². The lowest BCUT2D eigenvalue weighted by molar-refractivity contribution is -0.245. The van der Waals surface area contributed by atoms with Crippen molar-refractivity contribution < 1.29 is 40.2 Å². The van der Waals surface area contributed by atoms with Crippen LogP contribution < -0.4 is 0 Å². The zero-order chi connectivity index (χ0) is 32.9. The zero-order valence-corrected chi connectivity index (χ0v) is 29.1. The van der Waals surface area contributed by atoms with E-state index in [-0.39, 0.29) is 49.2 Å². The van der Waals surface area contributed by atoms with Crippen molar-refractivity contribution in [2.45, 2.75) is 148 Å². The fourth-order valence-corrected chi connectivity index (χ4v) is 13.0. The van der Waals surface area contributed by atoms with Gasteiger partial charge in [0.15, 0.2) is 12.4 Å². The molecule has 0 aromatic carbocycles. The number of carbonyl (C=O) groups is 2. The molecule has 7 rings (SSSR count). The van der Waals surface area contributed by atoms with Gasteiger partial charge in [-0.25, -0.2) is 0 Å². The van der Waals surface area contributed by atoms with Crippen molar-refractivity contribution in [1.82, 2.24) is 4.90 Å². The number of carboxylic acid groups (broad SMARTS) is 1. The van der Waals surface area contributed by atoms with E-state index in [0.717, 1.165) is 38.1 Å². The summed E-state index contributed by atoms with van der Waals surface area (Å²) in [6.45, 7) is 14.9. The summed E-state index contributed by atoms with van der Waals surface area (Å²) in [5.41, 5.74) is 0.0502. The summed E-state index contributed by atoms with van der Waals surface area (Å²) in [7, 11) is 0. The van der Waals surface area contributed by atoms with Crippen LogP contribution in [0.1, 0.15) is 114 Å². The topological polar surface area (TPSA) is 115 Å². The number of aliphatic hydroxyl groups is 1. The molecule has 7 aliphatic rings. The van der Waals surface area contributed by atoms with Gasteiger partial charge in [0, 0.05) is 28.0 Å². The minimum Gasteiger partial charge on any atom is -0.481 e. The molecule has 262 valence electrons. The predicted molar refractivity (Wildman–Crippen MR) is 173 cm³/mol. The van der Waals surface area contributed by atoms with E-state index in [1.54, 1.807) is 13.8 Å². The summed E-state index contributed by atoms with van der Waals surface area (Å²) in [6, 6.07) is 0. The maximum Gasteiger partial charge on any atom is 0.304 e. The van der Waals surface area contributed by atoms with Crippen molar-refractivity contribution in [3.8, 4) is 0 Å². The van der Waals surface area contributed by atoms with E-state index in [9.17, 15) is 14.7 Å². The Balaban J connectivity index is 0.00000386. The number of fused-ring (bicyclic) bond motifs is 4. The summed E-state index contributed by atoms with van der Waals surface area (Å²) in [5, 5.41) is 20.0. The lowest BCUT2D eigenvalue weighted by atomic mass is 9.46. The molecule has 2 aliphatic heterocycles. The summed E-state index contributed by atoms with van der Waals surface area (Å²) < 4.78 is 25.4. The molecular formula is C37H61NO8. The summed E-state index contributed by atoms with van der Waals surface area (Å²) in [6.07, 6.45) is 11.1. The predicted octanol–water partition coefficient (Wildman–Crippen LogP) is 5.66. The fraction of sp³-hybridized carbons (Fsp3) is 0.946. The first-order valence-electron chi connectivity index (χ1n) is 18.4. The molecule has 5 saturated carbocycles. The molecule has 10 unspecified atom stereocenters. The van der Waals surface area contributed by atoms with Crippen molar-refractivity contribution in [1.29, 1.82) is 0 Å². The molecule has 5 aliphatic carbocycles. The van der Waals surface area contributed by atoms with Gasteiger partial charge in [0.2, 0.25) is 0 Å². The van der Waals surface area contributed by atoms with Gasteiger partial charge >= 0.3 is 11.9 Å². The summed E-state index contributed by atoms with van der Waals surface area (Å²) in [4.78, 5) is 25.2. The maximum absolute atomic E-state index is 11.9. The van der Waals surface area contributed by atoms with Crippen LogP contribution in [0.5, 0.6) is 0 Å². The van der Waals surface area contributed by atoms with E-state index in [1.165, 1.54) is 45.4 Å². The van der Waals surface area contributed by atoms with E-state index < -0.39 is 17.7 Å². The Morgan fingerprint density at radius 3 is 2.50 bits per heavy atom. The quantitative estimate of drug-likeness (QED) is 0.322. The van der Waals surface area contributed by atoms with Gasteiger partial charge in [-0.05, 0) is 123 Å². The molecule has 0 amide bonds. The molecule has 12 atom stereocenters. The number of hydrogen-bond acceptors (Lipinski definition) is 8. The second-order valence-corrected chi connectivity index (χ2v) is 17.9. The molecule has 7 fully saturated rings. The first-order chi connectivity index (χ1) is 21.6. The van der Waals surface area contributed by atoms with Crippen molar-refractivity contribution in [2.75, 3.05) is 26.2 Å². The number of carbonyl (C=O) groups excluding carboxylic acids is 1. The number of nitrogens with zero attached hydrogens (tertiary/aromatic N) is 1. The highest BCUT2D eigenvalue weighted by atomic mass is 16.7. The third-order valence-corrected chi connectivity index (χ3v) is 15.0. The molecule has 0 bridgehead atoms. The van der Waals surface area contributed by atoms with Crippen LogP contribution in [0.2, 0.25) is 0 Å². The Morgan fingerprint density at radius 2 is 1.78 bits per heavy atom. The number of hydrogen-bond donors (Lipinski definition) is 2. The average Bonchev–Trinajstić information content (AvgIpc) is 3.55. The van der Waals surface area contributed by atoms with Gasteiger partial charge in [-0.2, -0.15) is 0 Å². The van der Waals surface area contributed by atoms with Gasteiger partial charge in [0.05, 0.1) is 36.9 Å². The number of esters is 1. The van der Waals surface area contributed by atoms with Gasteiger partial charge in [-0.1, -0.05) is 20.8 Å². The van der Waals surface area contributed by atoms with Crippen LogP contribution in [0.3, 0.4) is 0 Å². The van der Waals surface area contributed by atoms with Crippen LogP contribution >= 0.6 is 0 Å². The highest BCUT2D eigenvalue weighted by molar-refractivity contribution is 5.67. The number of aliphatic carboxylic acids is 1. The minimum absolute atomic E-state index is 0. The lowest BCUT2D eigenvalue weighted by Gasteiger charge is -2.60. The monoisotopic (exact) mass is 647 g/mol. The van der Waals surface area contributed by atoms with Crippen molar-refractivity contribution >= 4 is 11.9 Å². The van der Waals surface area contributed by atoms with E-state index in [0.29, 0.717) is 48.3 Å². The van der Waals surface area contributed by atoms with Gasteiger partial charge in [-0.3, -0.25) is 14.5 Å². The van der Waals surface area contributed by atoms with E-state index in [2.05, 4.69) is 25.7 Å². The Morgan fingerprint density at radius 1 is 1.02 bits per heavy atom. The third kappa shape index (κ3) is 5.19. The van der Waals surface area contributed by atoms with E-state index in [1.807, 2.05) is 0 Å². The number of ether oxygens (including phenoxy) is 4. The van der Waals surface area contributed by atoms with Crippen LogP contribution in [0.15, 0.2) is 0 Å². The molecule has 2 N–H and O–H groups in total. The average molecular weight is 648 g/mol. The molecule has 2 heterocycles. The summed E-state index contributed by atoms with van der Waals surface area (Å²) >= 11 is 0. The number of carboxylic acids is 1. The largest absolute Gasteiger partial charge is 0.481 e. The molecular weight excluding hydrogens is 586 g/mol. The smallest absolute Gasteiger partial charge is 0.304 e. The second kappa shape index (κ2) is 11.4. The minimum atomic E-state index is -1.15. The Kier molecular flexibility index (Phi) is 8.24. The van der Waals surface area contributed by atoms with Crippen LogP contribution in [0, 0.1) is 45.3 Å². The zero-order valence-electron chi connectivity index (χ0n) is 29.1. The molecule has 9 heteroatoms. The highest BCUT2D eigenvalue weighted by Gasteiger charge is 2.80. The Labute approximate surface area is 276 Å². The van der Waals surface area contributed by atoms with Crippen LogP contribution in [0.25, 0.3) is 0 Å². The molecule has 2 saturated heterocycles. The normalized spacial score (nSPS) is 46.9. The molecule has 2 spiro atoms. The molecule has 0 aromatic heterocycles. The first-order valence-corrected chi connectivity index (χ1v) is 18.4. The molecule has 0 aromatic rings. The highest BCUT2D eigenvalue weighted by Crippen LogP contribution is 2.87. The summed E-state index contributed by atoms with van der Waals surface area (Å²) in [5.74, 6) is 1.46. The first kappa shape index (κ1) is 33.2. The lowest BCUT2D eigenvalue weighted by Crippen LogP contribution is -2.56. The molecule has 0 radical (unpaired) electrons. The fourth-order valence-electron chi connectivity index (χ4n) is 13.0. The van der Waals surface area contributed by atoms with Gasteiger partial charge in [-0.15, -0.1) is 0 Å². The number of morpholine rings is 1. The maximum atomic E-state index is 11.9. The van der Waals surface area contributed by atoms with E-state index >= 15 is 0 Å². The number of rotatable bonds is 8. The SMILES string of the molecule is CC(=O)O[C@@H](C1CCC2C(CC3C4CCC5C(C)(C)[C@@H](OC6CN(CCC(=O)O)CCO6)CCC56CC46CCC23C)O1)C(C)(C)O.[HH]. The van der Waals surface area contributed by atoms with Gasteiger partial charge in [0.1, 0.15) is 0 Å². The molecule has 9 nitrogen and oxygen atoms in total. The third-order valence-electron chi connectivity index (χ3n) is 15.0. The van der Waals surface area contributed by atoms with Crippen LogP contribution in [-0.2, 0) is 28.5 Å². The van der Waals surface area contributed by atoms with Crippen molar-refractivity contribution in [2.24, 2.45) is 45.3 Å². The van der Waals surface area contributed by atoms with Crippen molar-refractivity contribution in [3.05, 3.63) is 0 Å².